The summed E-state index contributed by atoms with van der Waals surface area (Å²) in [5.74, 6) is 0.546. The molecule has 0 unspecified atom stereocenters. The Bertz CT molecular complexity index is 1480. The van der Waals surface area contributed by atoms with Crippen molar-refractivity contribution in [3.63, 3.8) is 0 Å². The largest absolute Gasteiger partial charge is 0.488 e. The maximum atomic E-state index is 12.5. The third-order valence-corrected chi connectivity index (χ3v) is 5.81. The highest BCUT2D eigenvalue weighted by Gasteiger charge is 2.07. The molecular formula is C30H24N2O2. The molecule has 4 nitrogen and oxygen atoms in total. The van der Waals surface area contributed by atoms with Crippen molar-refractivity contribution in [2.45, 2.75) is 13.0 Å². The predicted molar refractivity (Wildman–Crippen MR) is 138 cm³/mol. The second-order valence-corrected chi connectivity index (χ2v) is 8.07. The fourth-order valence-corrected chi connectivity index (χ4v) is 4.13. The van der Waals surface area contributed by atoms with Gasteiger partial charge in [0.2, 0.25) is 5.91 Å². The number of carbonyl (C=O) groups is 1. The molecule has 0 radical (unpaired) electrons. The van der Waals surface area contributed by atoms with Gasteiger partial charge in [-0.2, -0.15) is 5.10 Å². The zero-order chi connectivity index (χ0) is 23.2. The molecule has 0 saturated carbocycles. The number of nitrogens with one attached hydrogen (secondary N) is 1. The quantitative estimate of drug-likeness (QED) is 0.238. The summed E-state index contributed by atoms with van der Waals surface area (Å²) >= 11 is 0. The fourth-order valence-electron chi connectivity index (χ4n) is 4.13. The number of hydrazone groups is 1. The van der Waals surface area contributed by atoms with E-state index in [-0.39, 0.29) is 12.3 Å². The first-order valence-corrected chi connectivity index (χ1v) is 11.2. The second-order valence-electron chi connectivity index (χ2n) is 8.07. The molecule has 0 bridgehead atoms. The van der Waals surface area contributed by atoms with Gasteiger partial charge in [-0.05, 0) is 44.8 Å². The molecule has 166 valence electrons. The molecule has 0 aliphatic carbocycles. The third kappa shape index (κ3) is 4.81. The Labute approximate surface area is 198 Å². The number of hydrogen-bond donors (Lipinski definition) is 1. The van der Waals surface area contributed by atoms with E-state index in [4.69, 9.17) is 4.74 Å². The van der Waals surface area contributed by atoms with Gasteiger partial charge < -0.3 is 4.74 Å². The van der Waals surface area contributed by atoms with Gasteiger partial charge >= 0.3 is 0 Å². The van der Waals surface area contributed by atoms with Crippen LogP contribution in [0.2, 0.25) is 0 Å². The molecule has 4 heteroatoms. The van der Waals surface area contributed by atoms with E-state index in [1.165, 1.54) is 10.8 Å². The van der Waals surface area contributed by atoms with Crippen LogP contribution < -0.4 is 10.2 Å². The minimum Gasteiger partial charge on any atom is -0.488 e. The SMILES string of the molecule is O=C(Cc1cccc2ccccc12)N/N=C\c1ccccc1OCc1cccc2ccccc12. The number of rotatable bonds is 7. The molecule has 5 rings (SSSR count). The van der Waals surface area contributed by atoms with Gasteiger partial charge in [0.25, 0.3) is 0 Å². The molecule has 5 aromatic rings. The van der Waals surface area contributed by atoms with E-state index in [0.29, 0.717) is 12.4 Å². The van der Waals surface area contributed by atoms with Gasteiger partial charge in [0.05, 0.1) is 12.6 Å². The van der Waals surface area contributed by atoms with Crippen LogP contribution >= 0.6 is 0 Å². The number of para-hydroxylation sites is 1. The Hall–Kier alpha value is -4.44. The molecule has 0 saturated heterocycles. The molecule has 0 aliphatic rings. The Balaban J connectivity index is 1.25. The summed E-state index contributed by atoms with van der Waals surface area (Å²) in [5.41, 5.74) is 5.54. The smallest absolute Gasteiger partial charge is 0.244 e. The van der Waals surface area contributed by atoms with Gasteiger partial charge in [-0.25, -0.2) is 5.43 Å². The van der Waals surface area contributed by atoms with Crippen LogP contribution in [-0.2, 0) is 17.8 Å². The predicted octanol–water partition coefficient (Wildman–Crippen LogP) is 6.26. The lowest BCUT2D eigenvalue weighted by Gasteiger charge is -2.11. The number of fused-ring (bicyclic) bond motifs is 2. The molecular weight excluding hydrogens is 420 g/mol. The first-order valence-electron chi connectivity index (χ1n) is 11.2. The van der Waals surface area contributed by atoms with Crippen molar-refractivity contribution in [2.75, 3.05) is 0 Å². The van der Waals surface area contributed by atoms with Crippen molar-refractivity contribution in [1.82, 2.24) is 5.43 Å². The standard InChI is InChI=1S/C30H24N2O2/c33-30(19-24-14-7-12-22-9-1-4-16-27(22)24)32-31-20-25-11-3-6-18-29(25)34-21-26-15-8-13-23-10-2-5-17-28(23)26/h1-18,20H,19,21H2,(H,32,33)/b31-20-. The van der Waals surface area contributed by atoms with E-state index in [1.54, 1.807) is 6.21 Å². The van der Waals surface area contributed by atoms with Gasteiger partial charge in [0.1, 0.15) is 12.4 Å². The zero-order valence-electron chi connectivity index (χ0n) is 18.6. The summed E-state index contributed by atoms with van der Waals surface area (Å²) in [6, 6.07) is 36.2. The fraction of sp³-hybridized carbons (Fsp3) is 0.0667. The molecule has 0 spiro atoms. The molecule has 0 fully saturated rings. The van der Waals surface area contributed by atoms with Gasteiger partial charge in [0.15, 0.2) is 0 Å². The second kappa shape index (κ2) is 10.0. The molecule has 0 atom stereocenters. The number of carbonyl (C=O) groups excluding carboxylic acids is 1. The summed E-state index contributed by atoms with van der Waals surface area (Å²) in [4.78, 5) is 12.5. The average Bonchev–Trinajstić information content (AvgIpc) is 2.88. The Kier molecular flexibility index (Phi) is 6.30. The lowest BCUT2D eigenvalue weighted by atomic mass is 10.0. The summed E-state index contributed by atoms with van der Waals surface area (Å²) in [5, 5.41) is 8.74. The highest BCUT2D eigenvalue weighted by Crippen LogP contribution is 2.22. The maximum absolute atomic E-state index is 12.5. The highest BCUT2D eigenvalue weighted by molar-refractivity contribution is 5.91. The van der Waals surface area contributed by atoms with E-state index >= 15 is 0 Å². The normalized spacial score (nSPS) is 11.2. The molecule has 5 aromatic carbocycles. The van der Waals surface area contributed by atoms with Gasteiger partial charge in [-0.1, -0.05) is 97.1 Å². The lowest BCUT2D eigenvalue weighted by Crippen LogP contribution is -2.20. The number of nitrogens with zero attached hydrogens (tertiary/aromatic N) is 1. The molecule has 0 aromatic heterocycles. The summed E-state index contributed by atoms with van der Waals surface area (Å²) < 4.78 is 6.13. The van der Waals surface area contributed by atoms with Crippen molar-refractivity contribution in [3.05, 3.63) is 126 Å². The van der Waals surface area contributed by atoms with Crippen LogP contribution in [-0.4, -0.2) is 12.1 Å². The minimum atomic E-state index is -0.165. The topological polar surface area (TPSA) is 50.7 Å². The van der Waals surface area contributed by atoms with E-state index in [2.05, 4.69) is 34.8 Å². The Morgan fingerprint density at radius 2 is 1.29 bits per heavy atom. The molecule has 1 amide bonds. The van der Waals surface area contributed by atoms with E-state index in [9.17, 15) is 4.79 Å². The van der Waals surface area contributed by atoms with Crippen LogP contribution in [0.25, 0.3) is 21.5 Å². The number of amides is 1. The van der Waals surface area contributed by atoms with Crippen LogP contribution in [0.1, 0.15) is 16.7 Å². The first kappa shape index (κ1) is 21.4. The van der Waals surface area contributed by atoms with Crippen LogP contribution in [0.5, 0.6) is 5.75 Å². The number of benzene rings is 5. The van der Waals surface area contributed by atoms with E-state index in [1.807, 2.05) is 84.9 Å². The highest BCUT2D eigenvalue weighted by atomic mass is 16.5. The van der Waals surface area contributed by atoms with Crippen molar-refractivity contribution in [3.8, 4) is 5.75 Å². The van der Waals surface area contributed by atoms with Gasteiger partial charge in [-0.15, -0.1) is 0 Å². The molecule has 1 N–H and O–H groups in total. The lowest BCUT2D eigenvalue weighted by molar-refractivity contribution is -0.120. The van der Waals surface area contributed by atoms with Crippen LogP contribution in [0.15, 0.2) is 114 Å². The van der Waals surface area contributed by atoms with Crippen LogP contribution in [0, 0.1) is 0 Å². The van der Waals surface area contributed by atoms with Crippen molar-refractivity contribution < 1.29 is 9.53 Å². The molecule has 0 aliphatic heterocycles. The summed E-state index contributed by atoms with van der Waals surface area (Å²) in [6.45, 7) is 0.444. The third-order valence-electron chi connectivity index (χ3n) is 5.81. The molecule has 34 heavy (non-hydrogen) atoms. The Morgan fingerprint density at radius 3 is 2.06 bits per heavy atom. The monoisotopic (exact) mass is 444 g/mol. The van der Waals surface area contributed by atoms with Crippen LogP contribution in [0.4, 0.5) is 0 Å². The van der Waals surface area contributed by atoms with Crippen molar-refractivity contribution in [2.24, 2.45) is 5.10 Å². The summed E-state index contributed by atoms with van der Waals surface area (Å²) in [6.07, 6.45) is 1.89. The van der Waals surface area contributed by atoms with E-state index < -0.39 is 0 Å². The van der Waals surface area contributed by atoms with Gasteiger partial charge in [0, 0.05) is 5.56 Å². The van der Waals surface area contributed by atoms with Crippen molar-refractivity contribution >= 4 is 33.7 Å². The first-order chi connectivity index (χ1) is 16.8. The number of ether oxygens (including phenoxy) is 1. The molecule has 0 heterocycles. The average molecular weight is 445 g/mol. The maximum Gasteiger partial charge on any atom is 0.244 e. The van der Waals surface area contributed by atoms with E-state index in [0.717, 1.165) is 27.5 Å². The van der Waals surface area contributed by atoms with Crippen LogP contribution in [0.3, 0.4) is 0 Å². The van der Waals surface area contributed by atoms with Gasteiger partial charge in [-0.3, -0.25) is 4.79 Å². The zero-order valence-corrected chi connectivity index (χ0v) is 18.6. The minimum absolute atomic E-state index is 0.165. The van der Waals surface area contributed by atoms with Crippen molar-refractivity contribution in [1.29, 1.82) is 0 Å². The Morgan fingerprint density at radius 1 is 0.706 bits per heavy atom. The summed E-state index contributed by atoms with van der Waals surface area (Å²) in [7, 11) is 0. The number of hydrogen-bond acceptors (Lipinski definition) is 3.